The molecule has 0 aromatic rings. The third kappa shape index (κ3) is 2.48. The van der Waals surface area contributed by atoms with Gasteiger partial charge < -0.3 is 15.8 Å². The van der Waals surface area contributed by atoms with E-state index in [0.29, 0.717) is 18.9 Å². The topological polar surface area (TPSA) is 64.3 Å². The van der Waals surface area contributed by atoms with Gasteiger partial charge in [0.1, 0.15) is 5.54 Å². The molecule has 2 aliphatic rings. The smallest absolute Gasteiger partial charge is 0.241 e. The quantitative estimate of drug-likeness (QED) is 0.812. The maximum atomic E-state index is 12.6. The lowest BCUT2D eigenvalue weighted by Crippen LogP contribution is -2.76. The summed E-state index contributed by atoms with van der Waals surface area (Å²) in [5, 5.41) is 3.16. The van der Waals surface area contributed by atoms with Gasteiger partial charge in [-0.25, -0.2) is 0 Å². The van der Waals surface area contributed by atoms with Crippen molar-refractivity contribution in [2.75, 3.05) is 6.61 Å². The maximum absolute atomic E-state index is 12.6. The lowest BCUT2D eigenvalue weighted by Gasteiger charge is -2.57. The number of hydrogen-bond acceptors (Lipinski definition) is 3. The van der Waals surface area contributed by atoms with Gasteiger partial charge in [0.05, 0.1) is 6.10 Å². The van der Waals surface area contributed by atoms with Crippen molar-refractivity contribution in [1.82, 2.24) is 5.32 Å². The average Bonchev–Trinajstić information content (AvgIpc) is 2.92. The number of nitrogens with one attached hydrogen (secondary N) is 1. The molecule has 4 nitrogen and oxygen atoms in total. The molecule has 116 valence electrons. The van der Waals surface area contributed by atoms with E-state index in [1.807, 2.05) is 20.8 Å². The molecule has 3 atom stereocenters. The highest BCUT2D eigenvalue weighted by atomic mass is 16.5. The molecule has 2 saturated carbocycles. The molecule has 0 aliphatic heterocycles. The Labute approximate surface area is 122 Å². The van der Waals surface area contributed by atoms with Crippen molar-refractivity contribution >= 4 is 5.91 Å². The van der Waals surface area contributed by atoms with Crippen molar-refractivity contribution in [3.63, 3.8) is 0 Å². The van der Waals surface area contributed by atoms with Crippen molar-refractivity contribution in [1.29, 1.82) is 0 Å². The van der Waals surface area contributed by atoms with Crippen LogP contribution in [0.1, 0.15) is 59.8 Å². The molecule has 3 N–H and O–H groups in total. The Balaban J connectivity index is 1.95. The number of nitrogens with two attached hydrogens (primary N) is 1. The molecule has 4 heteroatoms. The van der Waals surface area contributed by atoms with Crippen LogP contribution in [0.4, 0.5) is 0 Å². The Kier molecular flexibility index (Phi) is 4.45. The minimum absolute atomic E-state index is 0.00199. The monoisotopic (exact) mass is 282 g/mol. The van der Waals surface area contributed by atoms with Crippen LogP contribution in [0.25, 0.3) is 0 Å². The van der Waals surface area contributed by atoms with Gasteiger partial charge in [0.15, 0.2) is 0 Å². The molecule has 0 saturated heterocycles. The van der Waals surface area contributed by atoms with Gasteiger partial charge in [0.2, 0.25) is 5.91 Å². The van der Waals surface area contributed by atoms with Crippen LogP contribution in [0.5, 0.6) is 0 Å². The van der Waals surface area contributed by atoms with E-state index in [4.69, 9.17) is 10.5 Å². The van der Waals surface area contributed by atoms with Gasteiger partial charge in [0.25, 0.3) is 0 Å². The lowest BCUT2D eigenvalue weighted by atomic mass is 9.54. The van der Waals surface area contributed by atoms with Crippen molar-refractivity contribution < 1.29 is 9.53 Å². The Morgan fingerprint density at radius 1 is 1.40 bits per heavy atom. The summed E-state index contributed by atoms with van der Waals surface area (Å²) < 4.78 is 5.68. The first-order valence-electron chi connectivity index (χ1n) is 8.04. The molecule has 2 aliphatic carbocycles. The summed E-state index contributed by atoms with van der Waals surface area (Å²) in [7, 11) is 0. The fourth-order valence-corrected chi connectivity index (χ4v) is 3.73. The van der Waals surface area contributed by atoms with Crippen molar-refractivity contribution in [2.45, 2.75) is 77.5 Å². The van der Waals surface area contributed by atoms with Crippen LogP contribution in [-0.4, -0.2) is 30.2 Å². The highest BCUT2D eigenvalue weighted by Gasteiger charge is 2.63. The van der Waals surface area contributed by atoms with E-state index in [9.17, 15) is 4.79 Å². The average molecular weight is 282 g/mol. The molecule has 0 spiro atoms. The second kappa shape index (κ2) is 5.64. The first-order chi connectivity index (χ1) is 9.33. The Bertz CT molecular complexity index is 363. The van der Waals surface area contributed by atoms with Crippen LogP contribution in [0.15, 0.2) is 0 Å². The van der Waals surface area contributed by atoms with E-state index in [2.05, 4.69) is 12.2 Å². The van der Waals surface area contributed by atoms with Gasteiger partial charge in [-0.1, -0.05) is 26.7 Å². The standard InChI is InChI=1S/C16H30N2O2/c1-5-20-13-10-16(17,15(13,3)4)14(19)18-11(2)12-8-6-7-9-12/h11-13H,5-10,17H2,1-4H3,(H,18,19). The van der Waals surface area contributed by atoms with E-state index in [1.165, 1.54) is 25.7 Å². The van der Waals surface area contributed by atoms with Crippen molar-refractivity contribution in [3.05, 3.63) is 0 Å². The molecule has 2 rings (SSSR count). The fourth-order valence-electron chi connectivity index (χ4n) is 3.73. The van der Waals surface area contributed by atoms with E-state index in [-0.39, 0.29) is 23.5 Å². The van der Waals surface area contributed by atoms with Crippen LogP contribution in [0.3, 0.4) is 0 Å². The molecule has 0 aromatic heterocycles. The zero-order chi connectivity index (χ0) is 15.0. The fraction of sp³-hybridized carbons (Fsp3) is 0.938. The van der Waals surface area contributed by atoms with Crippen LogP contribution in [-0.2, 0) is 9.53 Å². The van der Waals surface area contributed by atoms with Crippen LogP contribution in [0, 0.1) is 11.3 Å². The van der Waals surface area contributed by atoms with Gasteiger partial charge >= 0.3 is 0 Å². The zero-order valence-electron chi connectivity index (χ0n) is 13.4. The van der Waals surface area contributed by atoms with Crippen LogP contribution >= 0.6 is 0 Å². The molecular formula is C16H30N2O2. The molecule has 0 radical (unpaired) electrons. The third-order valence-electron chi connectivity index (χ3n) is 5.70. The van der Waals surface area contributed by atoms with Crippen molar-refractivity contribution in [3.8, 4) is 0 Å². The van der Waals surface area contributed by atoms with Crippen LogP contribution in [0.2, 0.25) is 0 Å². The zero-order valence-corrected chi connectivity index (χ0v) is 13.4. The number of carbonyl (C=O) groups excluding carboxylic acids is 1. The molecule has 0 aromatic carbocycles. The first-order valence-corrected chi connectivity index (χ1v) is 8.04. The Morgan fingerprint density at radius 2 is 2.00 bits per heavy atom. The molecule has 2 fully saturated rings. The van der Waals surface area contributed by atoms with Crippen LogP contribution < -0.4 is 11.1 Å². The SMILES string of the molecule is CCOC1CC(N)(C(=O)NC(C)C2CCCC2)C1(C)C. The maximum Gasteiger partial charge on any atom is 0.241 e. The normalized spacial score (nSPS) is 34.5. The van der Waals surface area contributed by atoms with Gasteiger partial charge in [-0.05, 0) is 32.6 Å². The number of carbonyl (C=O) groups is 1. The second-order valence-corrected chi connectivity index (χ2v) is 7.15. The highest BCUT2D eigenvalue weighted by Crippen LogP contribution is 2.50. The molecule has 0 bridgehead atoms. The number of hydrogen-bond donors (Lipinski definition) is 2. The molecule has 3 unspecified atom stereocenters. The minimum atomic E-state index is -0.792. The second-order valence-electron chi connectivity index (χ2n) is 7.15. The van der Waals surface area contributed by atoms with Gasteiger partial charge in [-0.3, -0.25) is 4.79 Å². The van der Waals surface area contributed by atoms with Gasteiger partial charge in [-0.15, -0.1) is 0 Å². The summed E-state index contributed by atoms with van der Waals surface area (Å²) in [6.07, 6.45) is 5.74. The summed E-state index contributed by atoms with van der Waals surface area (Å²) >= 11 is 0. The molecular weight excluding hydrogens is 252 g/mol. The third-order valence-corrected chi connectivity index (χ3v) is 5.70. The minimum Gasteiger partial charge on any atom is -0.378 e. The molecule has 0 heterocycles. The molecule has 1 amide bonds. The number of rotatable bonds is 5. The highest BCUT2D eigenvalue weighted by molar-refractivity contribution is 5.89. The summed E-state index contributed by atoms with van der Waals surface area (Å²) in [5.41, 5.74) is 5.30. The van der Waals surface area contributed by atoms with E-state index in [0.717, 1.165) is 0 Å². The van der Waals surface area contributed by atoms with E-state index in [1.54, 1.807) is 0 Å². The summed E-state index contributed by atoms with van der Waals surface area (Å²) in [6.45, 7) is 8.84. The lowest BCUT2D eigenvalue weighted by molar-refractivity contribution is -0.171. The summed E-state index contributed by atoms with van der Waals surface area (Å²) in [5.74, 6) is 0.617. The first kappa shape index (κ1) is 15.8. The predicted molar refractivity (Wildman–Crippen MR) is 80.3 cm³/mol. The Hall–Kier alpha value is -0.610. The summed E-state index contributed by atoms with van der Waals surface area (Å²) in [6, 6.07) is 0.229. The van der Waals surface area contributed by atoms with Gasteiger partial charge in [0, 0.05) is 24.5 Å². The van der Waals surface area contributed by atoms with Crippen molar-refractivity contribution in [2.24, 2.45) is 17.1 Å². The van der Waals surface area contributed by atoms with E-state index < -0.39 is 5.54 Å². The predicted octanol–water partition coefficient (Wildman–Crippen LogP) is 2.21. The van der Waals surface area contributed by atoms with E-state index >= 15 is 0 Å². The van der Waals surface area contributed by atoms with Gasteiger partial charge in [-0.2, -0.15) is 0 Å². The number of ether oxygens (including phenoxy) is 1. The number of amides is 1. The Morgan fingerprint density at radius 3 is 2.50 bits per heavy atom. The molecule has 20 heavy (non-hydrogen) atoms. The largest absolute Gasteiger partial charge is 0.378 e. The summed E-state index contributed by atoms with van der Waals surface area (Å²) in [4.78, 5) is 12.6.